The molecule has 10 heteroatoms. The first-order valence-electron chi connectivity index (χ1n) is 13.5. The Balaban J connectivity index is 1.57. The first-order valence-corrected chi connectivity index (χ1v) is 13.5. The zero-order valence-electron chi connectivity index (χ0n) is 23.2. The van der Waals surface area contributed by atoms with Crippen molar-refractivity contribution in [2.45, 2.75) is 44.0 Å². The number of hydrogen-bond acceptors (Lipinski definition) is 8. The lowest BCUT2D eigenvalue weighted by atomic mass is 9.79. The molecule has 218 valence electrons. The summed E-state index contributed by atoms with van der Waals surface area (Å²) in [5.41, 5.74) is 1.42. The summed E-state index contributed by atoms with van der Waals surface area (Å²) in [6, 6.07) is 21.7. The van der Waals surface area contributed by atoms with Gasteiger partial charge in [0.15, 0.2) is 0 Å². The maximum Gasteiger partial charge on any atom is 0.330 e. The fraction of sp³-hybridized carbons (Fsp3) is 0.281. The number of nitrogens with zero attached hydrogens (tertiary/aromatic N) is 1. The van der Waals surface area contributed by atoms with Crippen molar-refractivity contribution in [3.05, 3.63) is 133 Å². The summed E-state index contributed by atoms with van der Waals surface area (Å²) in [6.45, 7) is 1.39. The lowest BCUT2D eigenvalue weighted by molar-refractivity contribution is -0.0944. The number of carbonyl (C=O) groups excluding carboxylic acids is 1. The van der Waals surface area contributed by atoms with Crippen LogP contribution in [0, 0.1) is 6.92 Å². The van der Waals surface area contributed by atoms with Crippen LogP contribution in [0.2, 0.25) is 0 Å². The number of aliphatic hydroxyl groups is 2. The molecule has 4 atom stereocenters. The predicted molar refractivity (Wildman–Crippen MR) is 154 cm³/mol. The number of benzene rings is 3. The molecule has 2 heterocycles. The lowest BCUT2D eigenvalue weighted by Gasteiger charge is -2.37. The molecular formula is C32H32N2O8. The Bertz CT molecular complexity index is 1600. The normalized spacial score (nSPS) is 19.8. The zero-order chi connectivity index (χ0) is 29.9. The number of H-pyrrole nitrogens is 1. The van der Waals surface area contributed by atoms with Gasteiger partial charge in [0.2, 0.25) is 0 Å². The third-order valence-electron chi connectivity index (χ3n) is 7.62. The van der Waals surface area contributed by atoms with E-state index >= 15 is 0 Å². The van der Waals surface area contributed by atoms with Crippen LogP contribution in [0.3, 0.4) is 0 Å². The highest BCUT2D eigenvalue weighted by molar-refractivity contribution is 5.74. The second-order valence-electron chi connectivity index (χ2n) is 10.2. The molecule has 0 aliphatic carbocycles. The Kier molecular flexibility index (Phi) is 8.51. The van der Waals surface area contributed by atoms with Crippen LogP contribution >= 0.6 is 0 Å². The molecule has 1 aliphatic rings. The van der Waals surface area contributed by atoms with Gasteiger partial charge in [-0.25, -0.2) is 4.79 Å². The highest BCUT2D eigenvalue weighted by Crippen LogP contribution is 2.42. The molecule has 0 bridgehead atoms. The van der Waals surface area contributed by atoms with E-state index in [0.29, 0.717) is 22.4 Å². The van der Waals surface area contributed by atoms with Crippen molar-refractivity contribution in [3.8, 4) is 5.75 Å². The summed E-state index contributed by atoms with van der Waals surface area (Å²) in [5.74, 6) is 0.651. The van der Waals surface area contributed by atoms with E-state index in [1.807, 2.05) is 48.5 Å². The molecule has 1 saturated heterocycles. The van der Waals surface area contributed by atoms with Gasteiger partial charge in [-0.1, -0.05) is 60.7 Å². The van der Waals surface area contributed by atoms with Crippen molar-refractivity contribution in [3.63, 3.8) is 0 Å². The minimum Gasteiger partial charge on any atom is -0.497 e. The predicted octanol–water partition coefficient (Wildman–Crippen LogP) is 2.82. The largest absolute Gasteiger partial charge is 0.497 e. The number of ether oxygens (including phenoxy) is 3. The van der Waals surface area contributed by atoms with Crippen LogP contribution in [-0.2, 0) is 21.7 Å². The molecule has 0 amide bonds. The van der Waals surface area contributed by atoms with Gasteiger partial charge < -0.3 is 24.4 Å². The summed E-state index contributed by atoms with van der Waals surface area (Å²) in [6.07, 6.45) is -0.272. The number of aromatic nitrogens is 2. The van der Waals surface area contributed by atoms with Gasteiger partial charge in [0.1, 0.15) is 30.0 Å². The number of methoxy groups -OCH3 is 1. The Hall–Kier alpha value is -4.35. The summed E-state index contributed by atoms with van der Waals surface area (Å²) >= 11 is 0. The van der Waals surface area contributed by atoms with Crippen LogP contribution in [-0.4, -0.2) is 52.0 Å². The molecule has 4 aromatic rings. The van der Waals surface area contributed by atoms with Crippen LogP contribution in [0.5, 0.6) is 5.75 Å². The number of aromatic amines is 1. The molecule has 3 aromatic carbocycles. The standard InChI is InChI=1S/C32H32N2O8/c1-20-16-34(31(39)33-30(20)38)29-15-27(37)28(42-29)19-41-32(23-7-3-21(17-35)4-8-23,24-9-5-22(18-36)6-10-24)25-11-13-26(40-2)14-12-25/h3-14,16-17,27-29,36-37H,15,18-19H2,1-2H3,(H,33,38,39). The van der Waals surface area contributed by atoms with E-state index in [1.54, 1.807) is 38.3 Å². The van der Waals surface area contributed by atoms with E-state index < -0.39 is 35.3 Å². The molecule has 5 rings (SSSR count). The number of hydrogen-bond donors (Lipinski definition) is 3. The average molecular weight is 573 g/mol. The van der Waals surface area contributed by atoms with E-state index in [0.717, 1.165) is 23.0 Å². The number of rotatable bonds is 10. The van der Waals surface area contributed by atoms with Gasteiger partial charge in [-0.15, -0.1) is 0 Å². The van der Waals surface area contributed by atoms with Gasteiger partial charge in [-0.3, -0.25) is 19.1 Å². The van der Waals surface area contributed by atoms with Crippen LogP contribution in [0.25, 0.3) is 0 Å². The van der Waals surface area contributed by atoms with E-state index in [4.69, 9.17) is 14.2 Å². The minimum absolute atomic E-state index is 0.0715. The number of aryl methyl sites for hydroxylation is 1. The molecule has 4 unspecified atom stereocenters. The maximum absolute atomic E-state index is 12.5. The van der Waals surface area contributed by atoms with Crippen molar-refractivity contribution in [1.82, 2.24) is 9.55 Å². The summed E-state index contributed by atoms with van der Waals surface area (Å²) in [7, 11) is 1.58. The topological polar surface area (TPSA) is 140 Å². The van der Waals surface area contributed by atoms with E-state index in [1.165, 1.54) is 10.8 Å². The Labute approximate surface area is 241 Å². The highest BCUT2D eigenvalue weighted by atomic mass is 16.6. The van der Waals surface area contributed by atoms with Gasteiger partial charge in [0, 0.05) is 23.7 Å². The number of aldehydes is 1. The van der Waals surface area contributed by atoms with Gasteiger partial charge in [-0.05, 0) is 41.3 Å². The Morgan fingerprint density at radius 2 is 1.60 bits per heavy atom. The molecule has 1 aromatic heterocycles. The van der Waals surface area contributed by atoms with Crippen LogP contribution < -0.4 is 16.0 Å². The van der Waals surface area contributed by atoms with E-state index in [9.17, 15) is 24.6 Å². The SMILES string of the molecule is COc1ccc(C(OCC2OC(n3cc(C)c(=O)[nH]c3=O)CC2O)(c2ccc(C=O)cc2)c2ccc(CO)cc2)cc1. The van der Waals surface area contributed by atoms with E-state index in [-0.39, 0.29) is 19.6 Å². The monoisotopic (exact) mass is 572 g/mol. The van der Waals surface area contributed by atoms with Crippen LogP contribution in [0.4, 0.5) is 0 Å². The molecule has 1 aliphatic heterocycles. The number of aliphatic hydroxyl groups excluding tert-OH is 2. The molecule has 0 saturated carbocycles. The Morgan fingerprint density at radius 3 is 2.17 bits per heavy atom. The van der Waals surface area contributed by atoms with Crippen molar-refractivity contribution >= 4 is 6.29 Å². The molecule has 0 spiro atoms. The first kappa shape index (κ1) is 29.2. The van der Waals surface area contributed by atoms with Crippen LogP contribution in [0.1, 0.15) is 50.8 Å². The quantitative estimate of drug-likeness (QED) is 0.195. The second-order valence-corrected chi connectivity index (χ2v) is 10.2. The smallest absolute Gasteiger partial charge is 0.330 e. The van der Waals surface area contributed by atoms with Gasteiger partial charge >= 0.3 is 5.69 Å². The minimum atomic E-state index is -1.23. The second kappa shape index (κ2) is 12.3. The molecular weight excluding hydrogens is 540 g/mol. The average Bonchev–Trinajstić information content (AvgIpc) is 3.39. The zero-order valence-corrected chi connectivity index (χ0v) is 23.2. The summed E-state index contributed by atoms with van der Waals surface area (Å²) in [5, 5.41) is 20.6. The Morgan fingerprint density at radius 1 is 1.00 bits per heavy atom. The number of carbonyl (C=O) groups is 1. The van der Waals surface area contributed by atoms with Crippen molar-refractivity contribution in [2.24, 2.45) is 0 Å². The molecule has 3 N–H and O–H groups in total. The third kappa shape index (κ3) is 5.57. The molecule has 10 nitrogen and oxygen atoms in total. The lowest BCUT2D eigenvalue weighted by Crippen LogP contribution is -2.38. The molecule has 42 heavy (non-hydrogen) atoms. The van der Waals surface area contributed by atoms with Gasteiger partial charge in [-0.2, -0.15) is 0 Å². The fourth-order valence-corrected chi connectivity index (χ4v) is 5.26. The summed E-state index contributed by atoms with van der Waals surface area (Å²) < 4.78 is 19.6. The van der Waals surface area contributed by atoms with Gasteiger partial charge in [0.05, 0.1) is 26.4 Å². The molecule has 1 fully saturated rings. The number of nitrogens with one attached hydrogen (secondary N) is 1. The van der Waals surface area contributed by atoms with Crippen molar-refractivity contribution in [2.75, 3.05) is 13.7 Å². The van der Waals surface area contributed by atoms with Crippen molar-refractivity contribution < 1.29 is 29.2 Å². The maximum atomic E-state index is 12.5. The van der Waals surface area contributed by atoms with E-state index in [2.05, 4.69) is 4.98 Å². The highest BCUT2D eigenvalue weighted by Gasteiger charge is 2.42. The summed E-state index contributed by atoms with van der Waals surface area (Å²) in [4.78, 5) is 38.0. The van der Waals surface area contributed by atoms with Crippen LogP contribution in [0.15, 0.2) is 88.6 Å². The van der Waals surface area contributed by atoms with Gasteiger partial charge in [0.25, 0.3) is 5.56 Å². The third-order valence-corrected chi connectivity index (χ3v) is 7.62. The van der Waals surface area contributed by atoms with Crippen molar-refractivity contribution in [1.29, 1.82) is 0 Å². The first-order chi connectivity index (χ1) is 20.3. The fourth-order valence-electron chi connectivity index (χ4n) is 5.26. The molecule has 0 radical (unpaired) electrons.